The van der Waals surface area contributed by atoms with Crippen LogP contribution in [0.1, 0.15) is 25.6 Å². The van der Waals surface area contributed by atoms with E-state index in [1.807, 2.05) is 11.5 Å². The fourth-order valence-electron chi connectivity index (χ4n) is 1.39. The fourth-order valence-corrected chi connectivity index (χ4v) is 2.08. The van der Waals surface area contributed by atoms with Crippen molar-refractivity contribution in [2.75, 3.05) is 0 Å². The summed E-state index contributed by atoms with van der Waals surface area (Å²) in [7, 11) is 1.52. The third kappa shape index (κ3) is 3.35. The maximum Gasteiger partial charge on any atom is 0.280 e. The SMILES string of the molecule is C=CCCn1cc(S(=O)(=O)Cl)nc1CCC. The molecule has 0 saturated carbocycles. The van der Waals surface area contributed by atoms with Gasteiger partial charge in [-0.25, -0.2) is 13.4 Å². The molecule has 0 atom stereocenters. The Bertz CT molecular complexity index is 465. The second-order valence-electron chi connectivity index (χ2n) is 3.45. The first-order chi connectivity index (χ1) is 7.49. The van der Waals surface area contributed by atoms with Gasteiger partial charge in [0.15, 0.2) is 5.03 Å². The molecule has 0 aliphatic heterocycles. The molecule has 0 aliphatic rings. The third-order valence-corrected chi connectivity index (χ3v) is 3.31. The van der Waals surface area contributed by atoms with Crippen LogP contribution < -0.4 is 0 Å². The molecule has 0 radical (unpaired) electrons. The minimum absolute atomic E-state index is 0.0679. The van der Waals surface area contributed by atoms with Crippen molar-refractivity contribution >= 4 is 19.7 Å². The fraction of sp³-hybridized carbons (Fsp3) is 0.500. The van der Waals surface area contributed by atoms with E-state index in [4.69, 9.17) is 10.7 Å². The van der Waals surface area contributed by atoms with Gasteiger partial charge in [0.05, 0.1) is 0 Å². The molecule has 1 rings (SSSR count). The topological polar surface area (TPSA) is 52.0 Å². The number of nitrogens with zero attached hydrogens (tertiary/aromatic N) is 2. The van der Waals surface area contributed by atoms with E-state index < -0.39 is 9.05 Å². The first kappa shape index (κ1) is 13.3. The summed E-state index contributed by atoms with van der Waals surface area (Å²) in [5, 5.41) is -0.0679. The lowest BCUT2D eigenvalue weighted by Gasteiger charge is -2.03. The van der Waals surface area contributed by atoms with Crippen molar-refractivity contribution in [3.8, 4) is 0 Å². The van der Waals surface area contributed by atoms with Gasteiger partial charge in [0.2, 0.25) is 0 Å². The minimum atomic E-state index is -3.73. The minimum Gasteiger partial charge on any atom is -0.333 e. The standard InChI is InChI=1S/C10H15ClN2O2S/c1-3-5-7-13-8-10(16(11,14)15)12-9(13)6-4-2/h3,8H,1,4-7H2,2H3. The van der Waals surface area contributed by atoms with E-state index in [9.17, 15) is 8.42 Å². The van der Waals surface area contributed by atoms with Crippen molar-refractivity contribution < 1.29 is 8.42 Å². The first-order valence-corrected chi connectivity index (χ1v) is 7.41. The van der Waals surface area contributed by atoms with Crippen LogP contribution in [0.4, 0.5) is 0 Å². The van der Waals surface area contributed by atoms with Crippen LogP contribution >= 0.6 is 10.7 Å². The number of allylic oxidation sites excluding steroid dienone is 1. The lowest BCUT2D eigenvalue weighted by atomic mass is 10.3. The zero-order chi connectivity index (χ0) is 12.2. The van der Waals surface area contributed by atoms with Crippen LogP contribution in [-0.4, -0.2) is 18.0 Å². The predicted molar refractivity (Wildman–Crippen MR) is 64.1 cm³/mol. The lowest BCUT2D eigenvalue weighted by Crippen LogP contribution is -2.01. The number of rotatable bonds is 6. The van der Waals surface area contributed by atoms with Gasteiger partial charge in [0.25, 0.3) is 9.05 Å². The molecule has 0 unspecified atom stereocenters. The van der Waals surface area contributed by atoms with Crippen LogP contribution in [0.15, 0.2) is 23.9 Å². The Labute approximate surface area is 100 Å². The Kier molecular flexibility index (Phi) is 4.56. The van der Waals surface area contributed by atoms with Crippen LogP contribution in [0.3, 0.4) is 0 Å². The highest BCUT2D eigenvalue weighted by molar-refractivity contribution is 8.13. The molecule has 0 aliphatic carbocycles. The molecule has 6 heteroatoms. The third-order valence-electron chi connectivity index (χ3n) is 2.13. The molecular formula is C10H15ClN2O2S. The summed E-state index contributed by atoms with van der Waals surface area (Å²) in [4.78, 5) is 4.03. The van der Waals surface area contributed by atoms with Gasteiger partial charge in [-0.05, 0) is 12.8 Å². The molecule has 4 nitrogen and oxygen atoms in total. The van der Waals surface area contributed by atoms with Gasteiger partial charge in [-0.3, -0.25) is 0 Å². The van der Waals surface area contributed by atoms with Crippen molar-refractivity contribution in [2.45, 2.75) is 37.8 Å². The molecular weight excluding hydrogens is 248 g/mol. The lowest BCUT2D eigenvalue weighted by molar-refractivity contribution is 0.606. The van der Waals surface area contributed by atoms with E-state index >= 15 is 0 Å². The average Bonchev–Trinajstić information content (AvgIpc) is 2.58. The molecule has 0 fully saturated rings. The van der Waals surface area contributed by atoms with Gasteiger partial charge >= 0.3 is 0 Å². The Hall–Kier alpha value is -0.810. The van der Waals surface area contributed by atoms with E-state index in [1.54, 1.807) is 6.08 Å². The van der Waals surface area contributed by atoms with Crippen molar-refractivity contribution in [3.63, 3.8) is 0 Å². The van der Waals surface area contributed by atoms with Crippen molar-refractivity contribution in [3.05, 3.63) is 24.7 Å². The second kappa shape index (κ2) is 5.50. The summed E-state index contributed by atoms with van der Waals surface area (Å²) >= 11 is 0. The number of imidazole rings is 1. The molecule has 1 aromatic rings. The molecule has 1 aromatic heterocycles. The average molecular weight is 263 g/mol. The summed E-state index contributed by atoms with van der Waals surface area (Å²) in [6.45, 7) is 6.32. The zero-order valence-electron chi connectivity index (χ0n) is 9.19. The number of hydrogen-bond acceptors (Lipinski definition) is 3. The van der Waals surface area contributed by atoms with Gasteiger partial charge < -0.3 is 4.57 Å². The number of aryl methyl sites for hydroxylation is 2. The van der Waals surface area contributed by atoms with Gasteiger partial charge in [0.1, 0.15) is 5.82 Å². The zero-order valence-corrected chi connectivity index (χ0v) is 10.8. The Morgan fingerprint density at radius 3 is 2.81 bits per heavy atom. The van der Waals surface area contributed by atoms with Gasteiger partial charge in [-0.15, -0.1) is 6.58 Å². The van der Waals surface area contributed by atoms with Crippen molar-refractivity contribution in [2.24, 2.45) is 0 Å². The quantitative estimate of drug-likeness (QED) is 0.584. The van der Waals surface area contributed by atoms with Gasteiger partial charge in [0, 0.05) is 29.8 Å². The number of hydrogen-bond donors (Lipinski definition) is 0. The summed E-state index contributed by atoms with van der Waals surface area (Å²) in [6.07, 6.45) is 5.69. The van der Waals surface area contributed by atoms with Crippen molar-refractivity contribution in [1.29, 1.82) is 0 Å². The predicted octanol–water partition coefficient (Wildman–Crippen LogP) is 2.34. The monoisotopic (exact) mass is 262 g/mol. The number of aromatic nitrogens is 2. The first-order valence-electron chi connectivity index (χ1n) is 5.10. The Morgan fingerprint density at radius 2 is 2.31 bits per heavy atom. The van der Waals surface area contributed by atoms with Crippen LogP contribution in [0, 0.1) is 0 Å². The highest BCUT2D eigenvalue weighted by Crippen LogP contribution is 2.15. The molecule has 16 heavy (non-hydrogen) atoms. The molecule has 0 spiro atoms. The second-order valence-corrected chi connectivity index (χ2v) is 5.97. The Balaban J connectivity index is 3.04. The Morgan fingerprint density at radius 1 is 1.62 bits per heavy atom. The van der Waals surface area contributed by atoms with Crippen LogP contribution in [0.5, 0.6) is 0 Å². The maximum absolute atomic E-state index is 11.1. The molecule has 0 saturated heterocycles. The van der Waals surface area contributed by atoms with Crippen LogP contribution in [0.2, 0.25) is 0 Å². The smallest absolute Gasteiger partial charge is 0.280 e. The maximum atomic E-state index is 11.1. The van der Waals surface area contributed by atoms with E-state index in [0.717, 1.165) is 25.1 Å². The van der Waals surface area contributed by atoms with E-state index in [-0.39, 0.29) is 5.03 Å². The highest BCUT2D eigenvalue weighted by Gasteiger charge is 2.16. The summed E-state index contributed by atoms with van der Waals surface area (Å²) in [6, 6.07) is 0. The normalized spacial score (nSPS) is 11.6. The molecule has 1 heterocycles. The van der Waals surface area contributed by atoms with Crippen LogP contribution in [0.25, 0.3) is 0 Å². The number of halogens is 1. The molecule has 0 aromatic carbocycles. The molecule has 0 N–H and O–H groups in total. The summed E-state index contributed by atoms with van der Waals surface area (Å²) < 4.78 is 24.1. The van der Waals surface area contributed by atoms with E-state index in [1.165, 1.54) is 6.20 Å². The molecule has 0 amide bonds. The van der Waals surface area contributed by atoms with E-state index in [0.29, 0.717) is 6.54 Å². The van der Waals surface area contributed by atoms with Crippen molar-refractivity contribution in [1.82, 2.24) is 9.55 Å². The van der Waals surface area contributed by atoms with Gasteiger partial charge in [-0.2, -0.15) is 0 Å². The summed E-state index contributed by atoms with van der Waals surface area (Å²) in [5.41, 5.74) is 0. The van der Waals surface area contributed by atoms with Crippen LogP contribution in [-0.2, 0) is 22.0 Å². The summed E-state index contributed by atoms with van der Waals surface area (Å²) in [5.74, 6) is 0.753. The molecule has 90 valence electrons. The largest absolute Gasteiger partial charge is 0.333 e. The molecule has 0 bridgehead atoms. The van der Waals surface area contributed by atoms with Gasteiger partial charge in [-0.1, -0.05) is 13.0 Å². The van der Waals surface area contributed by atoms with E-state index in [2.05, 4.69) is 11.6 Å². The highest BCUT2D eigenvalue weighted by atomic mass is 35.7.